The van der Waals surface area contributed by atoms with E-state index in [1.807, 2.05) is 18.2 Å². The molecule has 1 aromatic carbocycles. The summed E-state index contributed by atoms with van der Waals surface area (Å²) in [7, 11) is 0. The first kappa shape index (κ1) is 12.1. The highest BCUT2D eigenvalue weighted by Gasteiger charge is 2.06. The van der Waals surface area contributed by atoms with E-state index in [4.69, 9.17) is 17.3 Å². The molecule has 2 N–H and O–H groups in total. The lowest BCUT2D eigenvalue weighted by atomic mass is 10.1. The average Bonchev–Trinajstić information content (AvgIpc) is 2.64. The number of rotatable bonds is 3. The van der Waals surface area contributed by atoms with Gasteiger partial charge in [-0.15, -0.1) is 0 Å². The van der Waals surface area contributed by atoms with Crippen molar-refractivity contribution in [3.05, 3.63) is 45.7 Å². The summed E-state index contributed by atoms with van der Waals surface area (Å²) in [5.74, 6) is -0.355. The number of aromatic nitrogens is 2. The minimum atomic E-state index is -0.355. The molecule has 2 rings (SSSR count). The molecule has 0 radical (unpaired) electrons. The summed E-state index contributed by atoms with van der Waals surface area (Å²) in [6.07, 6.45) is 3.49. The number of primary amides is 1. The molecular weight excluding hydrogens is 305 g/mol. The predicted molar refractivity (Wildman–Crippen MR) is 69.2 cm³/mol. The third-order valence-electron chi connectivity index (χ3n) is 2.19. The van der Waals surface area contributed by atoms with Crippen molar-refractivity contribution in [1.82, 2.24) is 9.78 Å². The number of hydrogen-bond acceptors (Lipinski definition) is 2. The molecule has 17 heavy (non-hydrogen) atoms. The number of nitrogens with zero attached hydrogens (tertiary/aromatic N) is 2. The van der Waals surface area contributed by atoms with Crippen LogP contribution in [-0.2, 0) is 11.2 Å². The molecule has 2 aromatic rings. The Morgan fingerprint density at radius 2 is 2.29 bits per heavy atom. The quantitative estimate of drug-likeness (QED) is 0.945. The topological polar surface area (TPSA) is 60.9 Å². The molecule has 0 aliphatic carbocycles. The molecule has 0 aliphatic rings. The van der Waals surface area contributed by atoms with E-state index in [-0.39, 0.29) is 12.3 Å². The molecule has 0 saturated carbocycles. The normalized spacial score (nSPS) is 10.5. The van der Waals surface area contributed by atoms with Crippen molar-refractivity contribution in [3.63, 3.8) is 0 Å². The van der Waals surface area contributed by atoms with Crippen LogP contribution in [0.4, 0.5) is 0 Å². The maximum Gasteiger partial charge on any atom is 0.221 e. The molecule has 1 amide bonds. The van der Waals surface area contributed by atoms with Crippen molar-refractivity contribution in [2.24, 2.45) is 5.73 Å². The Bertz CT molecular complexity index is 568. The highest BCUT2D eigenvalue weighted by Crippen LogP contribution is 2.23. The summed E-state index contributed by atoms with van der Waals surface area (Å²) in [5.41, 5.74) is 6.84. The second-order valence-corrected chi connectivity index (χ2v) is 4.82. The number of benzene rings is 1. The van der Waals surface area contributed by atoms with Gasteiger partial charge in [-0.25, -0.2) is 4.68 Å². The van der Waals surface area contributed by atoms with Crippen LogP contribution in [-0.4, -0.2) is 15.7 Å². The maximum atomic E-state index is 10.8. The van der Waals surface area contributed by atoms with Gasteiger partial charge in [-0.2, -0.15) is 5.10 Å². The van der Waals surface area contributed by atoms with Gasteiger partial charge < -0.3 is 5.73 Å². The van der Waals surface area contributed by atoms with E-state index in [2.05, 4.69) is 21.0 Å². The zero-order valence-corrected chi connectivity index (χ0v) is 11.1. The van der Waals surface area contributed by atoms with Crippen LogP contribution < -0.4 is 5.73 Å². The predicted octanol–water partition coefficient (Wildman–Crippen LogP) is 2.32. The zero-order chi connectivity index (χ0) is 12.4. The summed E-state index contributed by atoms with van der Waals surface area (Å²) >= 11 is 9.23. The number of carbonyl (C=O) groups is 1. The molecular formula is C11H9BrClN3O. The van der Waals surface area contributed by atoms with E-state index in [0.717, 1.165) is 15.7 Å². The molecule has 88 valence electrons. The van der Waals surface area contributed by atoms with Crippen molar-refractivity contribution in [2.45, 2.75) is 6.42 Å². The molecule has 0 spiro atoms. The summed E-state index contributed by atoms with van der Waals surface area (Å²) in [4.78, 5) is 10.8. The highest BCUT2D eigenvalue weighted by molar-refractivity contribution is 9.10. The molecule has 4 nitrogen and oxygen atoms in total. The first-order valence-electron chi connectivity index (χ1n) is 4.83. The van der Waals surface area contributed by atoms with Crippen LogP contribution in [0.3, 0.4) is 0 Å². The second-order valence-electron chi connectivity index (χ2n) is 3.53. The first-order chi connectivity index (χ1) is 8.06. The fourth-order valence-electron chi connectivity index (χ4n) is 1.48. The minimum Gasteiger partial charge on any atom is -0.369 e. The number of hydrogen-bond donors (Lipinski definition) is 1. The van der Waals surface area contributed by atoms with E-state index in [0.29, 0.717) is 5.02 Å². The van der Waals surface area contributed by atoms with E-state index in [1.165, 1.54) is 0 Å². The standard InChI is InChI=1S/C11H9BrClN3O/c12-9-3-7(4-11(14)17)1-2-10(9)16-6-8(13)5-15-16/h1-3,5-6H,4H2,(H2,14,17). The molecule has 0 saturated heterocycles. The van der Waals surface area contributed by atoms with Crippen LogP contribution in [0.2, 0.25) is 5.02 Å². The molecule has 1 aromatic heterocycles. The average molecular weight is 315 g/mol. The second kappa shape index (κ2) is 4.89. The molecule has 1 heterocycles. The van der Waals surface area contributed by atoms with Gasteiger partial charge in [-0.05, 0) is 33.6 Å². The van der Waals surface area contributed by atoms with Crippen LogP contribution in [0.15, 0.2) is 35.1 Å². The van der Waals surface area contributed by atoms with Gasteiger partial charge in [0.25, 0.3) is 0 Å². The number of nitrogens with two attached hydrogens (primary N) is 1. The minimum absolute atomic E-state index is 0.221. The Labute approximate surface area is 111 Å². The molecule has 0 fully saturated rings. The van der Waals surface area contributed by atoms with Crippen molar-refractivity contribution >= 4 is 33.4 Å². The van der Waals surface area contributed by atoms with Gasteiger partial charge in [-0.3, -0.25) is 4.79 Å². The van der Waals surface area contributed by atoms with Gasteiger partial charge in [-0.1, -0.05) is 17.7 Å². The van der Waals surface area contributed by atoms with Crippen molar-refractivity contribution in [3.8, 4) is 5.69 Å². The molecule has 0 bridgehead atoms. The zero-order valence-electron chi connectivity index (χ0n) is 8.73. The van der Waals surface area contributed by atoms with Gasteiger partial charge in [0.05, 0.1) is 23.3 Å². The maximum absolute atomic E-state index is 10.8. The Hall–Kier alpha value is -1.33. The SMILES string of the molecule is NC(=O)Cc1ccc(-n2cc(Cl)cn2)c(Br)c1. The summed E-state index contributed by atoms with van der Waals surface area (Å²) in [6.45, 7) is 0. The van der Waals surface area contributed by atoms with Gasteiger partial charge in [0.2, 0.25) is 5.91 Å². The largest absolute Gasteiger partial charge is 0.369 e. The molecule has 6 heteroatoms. The van der Waals surface area contributed by atoms with E-state index in [1.54, 1.807) is 17.1 Å². The van der Waals surface area contributed by atoms with Gasteiger partial charge in [0, 0.05) is 10.7 Å². The van der Waals surface area contributed by atoms with E-state index >= 15 is 0 Å². The lowest BCUT2D eigenvalue weighted by Crippen LogP contribution is -2.13. The van der Waals surface area contributed by atoms with Crippen LogP contribution in [0.1, 0.15) is 5.56 Å². The fraction of sp³-hybridized carbons (Fsp3) is 0.0909. The summed E-state index contributed by atoms with van der Waals surface area (Å²) in [6, 6.07) is 5.53. The Morgan fingerprint density at radius 3 is 2.82 bits per heavy atom. The van der Waals surface area contributed by atoms with E-state index in [9.17, 15) is 4.79 Å². The number of carbonyl (C=O) groups excluding carboxylic acids is 1. The molecule has 0 atom stereocenters. The van der Waals surface area contributed by atoms with E-state index < -0.39 is 0 Å². The third-order valence-corrected chi connectivity index (χ3v) is 3.02. The summed E-state index contributed by atoms with van der Waals surface area (Å²) in [5, 5.41) is 4.67. The third kappa shape index (κ3) is 2.87. The molecule has 0 aliphatic heterocycles. The first-order valence-corrected chi connectivity index (χ1v) is 6.00. The van der Waals surface area contributed by atoms with Crippen molar-refractivity contribution in [1.29, 1.82) is 0 Å². The van der Waals surface area contributed by atoms with Crippen molar-refractivity contribution in [2.75, 3.05) is 0 Å². The van der Waals surface area contributed by atoms with Gasteiger partial charge >= 0.3 is 0 Å². The van der Waals surface area contributed by atoms with Crippen LogP contribution in [0.25, 0.3) is 5.69 Å². The smallest absolute Gasteiger partial charge is 0.221 e. The van der Waals surface area contributed by atoms with Crippen LogP contribution >= 0.6 is 27.5 Å². The number of halogens is 2. The van der Waals surface area contributed by atoms with Crippen molar-refractivity contribution < 1.29 is 4.79 Å². The fourth-order valence-corrected chi connectivity index (χ4v) is 2.22. The van der Waals surface area contributed by atoms with Gasteiger partial charge in [0.1, 0.15) is 0 Å². The monoisotopic (exact) mass is 313 g/mol. The highest BCUT2D eigenvalue weighted by atomic mass is 79.9. The summed E-state index contributed by atoms with van der Waals surface area (Å²) < 4.78 is 2.48. The molecule has 0 unspecified atom stereocenters. The van der Waals surface area contributed by atoms with Crippen LogP contribution in [0.5, 0.6) is 0 Å². The van der Waals surface area contributed by atoms with Crippen LogP contribution in [0, 0.1) is 0 Å². The Balaban J connectivity index is 2.34. The Kier molecular flexibility index (Phi) is 3.49. The number of amides is 1. The van der Waals surface area contributed by atoms with Gasteiger partial charge in [0.15, 0.2) is 0 Å². The lowest BCUT2D eigenvalue weighted by Gasteiger charge is -2.06. The Morgan fingerprint density at radius 1 is 1.53 bits per heavy atom. The lowest BCUT2D eigenvalue weighted by molar-refractivity contribution is -0.117.